The Morgan fingerprint density at radius 3 is 3.00 bits per heavy atom. The number of oxazole rings is 1. The van der Waals surface area contributed by atoms with Crippen molar-refractivity contribution in [2.45, 2.75) is 0 Å². The maximum absolute atomic E-state index is 10.3. The molecule has 0 aliphatic rings. The molecule has 2 rings (SSSR count). The normalized spacial score (nSPS) is 9.85. The van der Waals surface area contributed by atoms with Gasteiger partial charge in [0.2, 0.25) is 6.29 Å². The van der Waals surface area contributed by atoms with E-state index in [2.05, 4.69) is 9.97 Å². The fraction of sp³-hybridized carbons (Fsp3) is 0. The summed E-state index contributed by atoms with van der Waals surface area (Å²) in [6, 6.07) is 3.64. The van der Waals surface area contributed by atoms with Crippen molar-refractivity contribution in [1.29, 1.82) is 0 Å². The Morgan fingerprint density at radius 2 is 2.38 bits per heavy atom. The van der Waals surface area contributed by atoms with Gasteiger partial charge in [0, 0.05) is 18.0 Å². The number of hydrogen-bond donors (Lipinski definition) is 0. The molecule has 0 radical (unpaired) electrons. The van der Waals surface area contributed by atoms with Crippen molar-refractivity contribution in [2.24, 2.45) is 0 Å². The van der Waals surface area contributed by atoms with Crippen LogP contribution >= 0.6 is 0 Å². The molecule has 2 heterocycles. The smallest absolute Gasteiger partial charge is 0.260 e. The van der Waals surface area contributed by atoms with Gasteiger partial charge in [0.05, 0.1) is 0 Å². The molecular formula is C9H6N2O2. The highest BCUT2D eigenvalue weighted by Crippen LogP contribution is 2.15. The van der Waals surface area contributed by atoms with Gasteiger partial charge in [-0.15, -0.1) is 0 Å². The number of aldehydes is 1. The maximum Gasteiger partial charge on any atom is 0.260 e. The summed E-state index contributed by atoms with van der Waals surface area (Å²) in [6.45, 7) is 0. The van der Waals surface area contributed by atoms with Gasteiger partial charge < -0.3 is 4.42 Å². The Labute approximate surface area is 74.2 Å². The van der Waals surface area contributed by atoms with Crippen LogP contribution in [0.3, 0.4) is 0 Å². The van der Waals surface area contributed by atoms with Crippen molar-refractivity contribution >= 4 is 6.29 Å². The third kappa shape index (κ3) is 1.46. The monoisotopic (exact) mass is 174 g/mol. The van der Waals surface area contributed by atoms with E-state index in [-0.39, 0.29) is 5.89 Å². The first-order chi connectivity index (χ1) is 6.40. The van der Waals surface area contributed by atoms with Gasteiger partial charge in [-0.2, -0.15) is 0 Å². The highest BCUT2D eigenvalue weighted by molar-refractivity contribution is 5.69. The van der Waals surface area contributed by atoms with Gasteiger partial charge in [0.25, 0.3) is 5.89 Å². The number of carbonyl (C=O) groups is 1. The number of rotatable bonds is 2. The summed E-state index contributed by atoms with van der Waals surface area (Å²) in [4.78, 5) is 18.1. The Kier molecular flexibility index (Phi) is 1.88. The molecule has 0 amide bonds. The molecule has 64 valence electrons. The highest BCUT2D eigenvalue weighted by atomic mass is 16.3. The molecule has 0 aliphatic heterocycles. The van der Waals surface area contributed by atoms with Crippen LogP contribution in [0.1, 0.15) is 10.7 Å². The molecule has 2 aromatic heterocycles. The fourth-order valence-electron chi connectivity index (χ4n) is 0.989. The SMILES string of the molecule is O=Cc1nc(-c2cccnc2)co1. The zero-order valence-corrected chi connectivity index (χ0v) is 6.68. The lowest BCUT2D eigenvalue weighted by Gasteiger charge is -1.90. The first-order valence-corrected chi connectivity index (χ1v) is 3.71. The number of hydrogen-bond acceptors (Lipinski definition) is 4. The third-order valence-corrected chi connectivity index (χ3v) is 1.58. The molecule has 4 heteroatoms. The summed E-state index contributed by atoms with van der Waals surface area (Å²) < 4.78 is 4.86. The molecule has 0 aliphatic carbocycles. The van der Waals surface area contributed by atoms with Crippen LogP contribution in [0.15, 0.2) is 35.2 Å². The van der Waals surface area contributed by atoms with Crippen molar-refractivity contribution in [2.75, 3.05) is 0 Å². The van der Waals surface area contributed by atoms with Gasteiger partial charge >= 0.3 is 0 Å². The van der Waals surface area contributed by atoms with Gasteiger partial charge in [0.1, 0.15) is 12.0 Å². The minimum Gasteiger partial charge on any atom is -0.442 e. The van der Waals surface area contributed by atoms with E-state index in [9.17, 15) is 4.79 Å². The van der Waals surface area contributed by atoms with E-state index in [4.69, 9.17) is 4.42 Å². The van der Waals surface area contributed by atoms with Gasteiger partial charge in [-0.3, -0.25) is 9.78 Å². The molecule has 2 aromatic rings. The van der Waals surface area contributed by atoms with Crippen LogP contribution in [0.25, 0.3) is 11.3 Å². The van der Waals surface area contributed by atoms with Gasteiger partial charge in [-0.25, -0.2) is 4.98 Å². The lowest BCUT2D eigenvalue weighted by molar-refractivity contribution is 0.109. The van der Waals surface area contributed by atoms with Crippen molar-refractivity contribution in [1.82, 2.24) is 9.97 Å². The summed E-state index contributed by atoms with van der Waals surface area (Å²) >= 11 is 0. The van der Waals surface area contributed by atoms with Gasteiger partial charge in [-0.05, 0) is 12.1 Å². The van der Waals surface area contributed by atoms with Gasteiger partial charge in [-0.1, -0.05) is 0 Å². The standard InChI is InChI=1S/C9H6N2O2/c12-5-9-11-8(6-13-9)7-2-1-3-10-4-7/h1-6H. The van der Waals surface area contributed by atoms with Crippen molar-refractivity contribution < 1.29 is 9.21 Å². The largest absolute Gasteiger partial charge is 0.442 e. The molecule has 0 saturated heterocycles. The molecule has 0 bridgehead atoms. The molecule has 0 N–H and O–H groups in total. The number of carbonyl (C=O) groups excluding carboxylic acids is 1. The Morgan fingerprint density at radius 1 is 1.46 bits per heavy atom. The summed E-state index contributed by atoms with van der Waals surface area (Å²) in [5.41, 5.74) is 1.45. The molecule has 0 fully saturated rings. The van der Waals surface area contributed by atoms with E-state index < -0.39 is 0 Å². The zero-order valence-electron chi connectivity index (χ0n) is 6.68. The van der Waals surface area contributed by atoms with E-state index in [1.807, 2.05) is 6.07 Å². The minimum atomic E-state index is 0.0823. The van der Waals surface area contributed by atoms with E-state index in [0.717, 1.165) is 5.56 Å². The summed E-state index contributed by atoms with van der Waals surface area (Å²) in [5, 5.41) is 0. The Bertz CT molecular complexity index is 409. The molecule has 4 nitrogen and oxygen atoms in total. The Balaban J connectivity index is 2.41. The maximum atomic E-state index is 10.3. The summed E-state index contributed by atoms with van der Waals surface area (Å²) in [6.07, 6.45) is 5.33. The van der Waals surface area contributed by atoms with Crippen molar-refractivity contribution in [3.05, 3.63) is 36.7 Å². The van der Waals surface area contributed by atoms with Crippen molar-refractivity contribution in [3.8, 4) is 11.3 Å². The van der Waals surface area contributed by atoms with Gasteiger partial charge in [0.15, 0.2) is 0 Å². The average Bonchev–Trinajstić information content (AvgIpc) is 2.67. The molecule has 0 aromatic carbocycles. The second-order valence-corrected chi connectivity index (χ2v) is 2.43. The highest BCUT2D eigenvalue weighted by Gasteiger charge is 2.03. The number of pyridine rings is 1. The van der Waals surface area contributed by atoms with Crippen LogP contribution in [-0.4, -0.2) is 16.3 Å². The summed E-state index contributed by atoms with van der Waals surface area (Å²) in [5.74, 6) is 0.0823. The lowest BCUT2D eigenvalue weighted by atomic mass is 10.2. The number of aromatic nitrogens is 2. The van der Waals surface area contributed by atoms with E-state index in [1.165, 1.54) is 6.26 Å². The molecule has 0 saturated carbocycles. The fourth-order valence-corrected chi connectivity index (χ4v) is 0.989. The van der Waals surface area contributed by atoms with E-state index >= 15 is 0 Å². The molecular weight excluding hydrogens is 168 g/mol. The first kappa shape index (κ1) is 7.67. The topological polar surface area (TPSA) is 56.0 Å². The predicted octanol–water partition coefficient (Wildman–Crippen LogP) is 1.55. The van der Waals surface area contributed by atoms with E-state index in [0.29, 0.717) is 12.0 Å². The third-order valence-electron chi connectivity index (χ3n) is 1.58. The summed E-state index contributed by atoms with van der Waals surface area (Å²) in [7, 11) is 0. The second-order valence-electron chi connectivity index (χ2n) is 2.43. The van der Waals surface area contributed by atoms with Crippen molar-refractivity contribution in [3.63, 3.8) is 0 Å². The lowest BCUT2D eigenvalue weighted by Crippen LogP contribution is -1.81. The van der Waals surface area contributed by atoms with Crippen LogP contribution in [0.2, 0.25) is 0 Å². The Hall–Kier alpha value is -1.97. The quantitative estimate of drug-likeness (QED) is 0.648. The van der Waals surface area contributed by atoms with Crippen LogP contribution in [0, 0.1) is 0 Å². The molecule has 0 atom stereocenters. The molecule has 0 unspecified atom stereocenters. The average molecular weight is 174 g/mol. The van der Waals surface area contributed by atoms with Crippen LogP contribution in [0.4, 0.5) is 0 Å². The zero-order chi connectivity index (χ0) is 9.10. The van der Waals surface area contributed by atoms with E-state index in [1.54, 1.807) is 18.5 Å². The minimum absolute atomic E-state index is 0.0823. The van der Waals surface area contributed by atoms with Crippen LogP contribution in [-0.2, 0) is 0 Å². The van der Waals surface area contributed by atoms with Crippen LogP contribution < -0.4 is 0 Å². The van der Waals surface area contributed by atoms with Crippen LogP contribution in [0.5, 0.6) is 0 Å². The predicted molar refractivity (Wildman–Crippen MR) is 45.1 cm³/mol. The molecule has 13 heavy (non-hydrogen) atoms. The number of nitrogens with zero attached hydrogens (tertiary/aromatic N) is 2. The second kappa shape index (κ2) is 3.18. The first-order valence-electron chi connectivity index (χ1n) is 3.71. The molecule has 0 spiro atoms.